The number of likely N-dealkylation sites (tertiary alicyclic amines) is 1. The highest BCUT2D eigenvalue weighted by Gasteiger charge is 2.37. The Morgan fingerprint density at radius 3 is 2.85 bits per heavy atom. The number of halogens is 2. The number of urea groups is 1. The van der Waals surface area contributed by atoms with E-state index in [1.807, 2.05) is 18.2 Å². The van der Waals surface area contributed by atoms with Crippen LogP contribution in [-0.2, 0) is 0 Å². The Hall–Kier alpha value is -3.27. The van der Waals surface area contributed by atoms with Gasteiger partial charge in [-0.1, -0.05) is 30.3 Å². The smallest absolute Gasteiger partial charge is 0.320 e. The molecule has 3 aromatic rings. The van der Waals surface area contributed by atoms with Gasteiger partial charge in [-0.3, -0.25) is 10.4 Å². The first-order valence-electron chi connectivity index (χ1n) is 11.1. The zero-order valence-corrected chi connectivity index (χ0v) is 18.0. The van der Waals surface area contributed by atoms with Crippen LogP contribution in [0.2, 0.25) is 0 Å². The number of aromatic nitrogens is 3. The molecular formula is C23H32F2N6O2. The third-order valence-electron chi connectivity index (χ3n) is 6.15. The van der Waals surface area contributed by atoms with Crippen LogP contribution < -0.4 is 15.4 Å². The number of fused-ring (bicyclic) bond motifs is 1. The van der Waals surface area contributed by atoms with E-state index in [2.05, 4.69) is 42.8 Å². The summed E-state index contributed by atoms with van der Waals surface area (Å²) in [5.41, 5.74) is 1.75. The predicted octanol–water partition coefficient (Wildman–Crippen LogP) is 4.34. The molecule has 2 fully saturated rings. The van der Waals surface area contributed by atoms with Gasteiger partial charge in [0.05, 0.1) is 16.9 Å². The van der Waals surface area contributed by atoms with Crippen LogP contribution in [0.1, 0.15) is 28.6 Å². The summed E-state index contributed by atoms with van der Waals surface area (Å²) in [6, 6.07) is 11.5. The first-order valence-corrected chi connectivity index (χ1v) is 11.1. The number of rotatable bonds is 8. The SMILES string of the molecule is O=C(Nc1cc2[nH]nc(OCC(F)F)c2cn1)N[C@H]1CN(CC2CC2)C[C@@H]1c1ccccc1.[HH].[HH].[HH]. The molecular weight excluding hydrogens is 430 g/mol. The van der Waals surface area contributed by atoms with Crippen LogP contribution >= 0.6 is 0 Å². The van der Waals surface area contributed by atoms with E-state index in [9.17, 15) is 13.6 Å². The van der Waals surface area contributed by atoms with Crippen molar-refractivity contribution < 1.29 is 22.6 Å². The molecule has 3 heterocycles. The number of pyridine rings is 1. The molecule has 2 aliphatic rings. The quantitative estimate of drug-likeness (QED) is 0.463. The molecule has 1 aliphatic carbocycles. The van der Waals surface area contributed by atoms with Crippen molar-refractivity contribution in [2.24, 2.45) is 5.92 Å². The molecule has 2 aromatic heterocycles. The van der Waals surface area contributed by atoms with Crippen molar-refractivity contribution in [2.75, 3.05) is 31.6 Å². The molecule has 2 amide bonds. The Morgan fingerprint density at radius 1 is 1.27 bits per heavy atom. The molecule has 1 saturated heterocycles. The number of alkyl halides is 2. The van der Waals surface area contributed by atoms with Gasteiger partial charge < -0.3 is 15.0 Å². The van der Waals surface area contributed by atoms with Crippen molar-refractivity contribution in [3.63, 3.8) is 0 Å². The van der Waals surface area contributed by atoms with E-state index in [1.165, 1.54) is 24.6 Å². The first kappa shape index (κ1) is 21.6. The maximum atomic E-state index is 12.8. The third-order valence-corrected chi connectivity index (χ3v) is 6.15. The summed E-state index contributed by atoms with van der Waals surface area (Å²) in [4.78, 5) is 19.4. The summed E-state index contributed by atoms with van der Waals surface area (Å²) < 4.78 is 29.8. The van der Waals surface area contributed by atoms with E-state index in [0.717, 1.165) is 25.6 Å². The van der Waals surface area contributed by atoms with Gasteiger partial charge in [0.15, 0.2) is 6.61 Å². The highest BCUT2D eigenvalue weighted by molar-refractivity contribution is 5.92. The van der Waals surface area contributed by atoms with Gasteiger partial charge in [-0.05, 0) is 24.3 Å². The average molecular weight is 463 g/mol. The van der Waals surface area contributed by atoms with Crippen molar-refractivity contribution >= 4 is 22.8 Å². The number of ether oxygens (including phenoxy) is 1. The Kier molecular flexibility index (Phi) is 6.08. The van der Waals surface area contributed by atoms with Gasteiger partial charge in [0.2, 0.25) is 5.88 Å². The topological polar surface area (TPSA) is 95.2 Å². The molecule has 0 unspecified atom stereocenters. The highest BCUT2D eigenvalue weighted by Crippen LogP contribution is 2.34. The van der Waals surface area contributed by atoms with Crippen LogP contribution in [0.4, 0.5) is 19.4 Å². The van der Waals surface area contributed by atoms with Crippen LogP contribution in [0.3, 0.4) is 0 Å². The summed E-state index contributed by atoms with van der Waals surface area (Å²) in [5, 5.41) is 13.0. The fraction of sp³-hybridized carbons (Fsp3) is 0.435. The molecule has 10 heteroatoms. The summed E-state index contributed by atoms with van der Waals surface area (Å²) in [6.07, 6.45) is 1.43. The number of hydrogen-bond acceptors (Lipinski definition) is 5. The average Bonchev–Trinajstić information content (AvgIpc) is 3.39. The molecule has 180 valence electrons. The molecule has 33 heavy (non-hydrogen) atoms. The molecule has 5 rings (SSSR count). The van der Waals surface area contributed by atoms with Gasteiger partial charge in [0.1, 0.15) is 5.82 Å². The second-order valence-corrected chi connectivity index (χ2v) is 8.73. The van der Waals surface area contributed by atoms with Crippen LogP contribution in [-0.4, -0.2) is 64.8 Å². The molecule has 1 saturated carbocycles. The summed E-state index contributed by atoms with van der Waals surface area (Å²) in [5.74, 6) is 1.39. The van der Waals surface area contributed by atoms with Crippen LogP contribution in [0.15, 0.2) is 42.6 Å². The number of anilines is 1. The van der Waals surface area contributed by atoms with Gasteiger partial charge in [-0.2, -0.15) is 0 Å². The molecule has 3 N–H and O–H groups in total. The number of benzene rings is 1. The molecule has 0 spiro atoms. The maximum absolute atomic E-state index is 12.8. The number of hydrogen-bond donors (Lipinski definition) is 3. The Bertz CT molecular complexity index is 1120. The summed E-state index contributed by atoms with van der Waals surface area (Å²) in [7, 11) is 0. The second kappa shape index (κ2) is 9.30. The van der Waals surface area contributed by atoms with Gasteiger partial charge in [-0.15, -0.1) is 5.10 Å². The minimum absolute atomic E-state index is 0. The second-order valence-electron chi connectivity index (χ2n) is 8.73. The monoisotopic (exact) mass is 462 g/mol. The van der Waals surface area contributed by atoms with Crippen molar-refractivity contribution in [3.05, 3.63) is 48.2 Å². The molecule has 8 nitrogen and oxygen atoms in total. The fourth-order valence-electron chi connectivity index (χ4n) is 4.41. The van der Waals surface area contributed by atoms with Gasteiger partial charge in [0, 0.05) is 42.1 Å². The lowest BCUT2D eigenvalue weighted by molar-refractivity contribution is 0.0803. The summed E-state index contributed by atoms with van der Waals surface area (Å²) >= 11 is 0. The van der Waals surface area contributed by atoms with E-state index in [-0.39, 0.29) is 28.2 Å². The zero-order valence-electron chi connectivity index (χ0n) is 18.0. The number of carbonyl (C=O) groups is 1. The Morgan fingerprint density at radius 2 is 2.09 bits per heavy atom. The lowest BCUT2D eigenvalue weighted by atomic mass is 9.94. The lowest BCUT2D eigenvalue weighted by Crippen LogP contribution is -2.42. The van der Waals surface area contributed by atoms with Crippen molar-refractivity contribution in [1.29, 1.82) is 0 Å². The minimum atomic E-state index is -2.59. The van der Waals surface area contributed by atoms with Crippen molar-refractivity contribution in [2.45, 2.75) is 31.2 Å². The first-order chi connectivity index (χ1) is 16.0. The third kappa shape index (κ3) is 5.22. The Labute approximate surface area is 194 Å². The van der Waals surface area contributed by atoms with E-state index < -0.39 is 13.0 Å². The molecule has 1 aromatic carbocycles. The number of aromatic amines is 1. The lowest BCUT2D eigenvalue weighted by Gasteiger charge is -2.20. The minimum Gasteiger partial charge on any atom is -0.470 e. The van der Waals surface area contributed by atoms with Gasteiger partial charge >= 0.3 is 6.03 Å². The highest BCUT2D eigenvalue weighted by atomic mass is 19.3. The van der Waals surface area contributed by atoms with Crippen LogP contribution in [0, 0.1) is 5.92 Å². The molecule has 0 radical (unpaired) electrons. The normalized spacial score (nSPS) is 20.9. The van der Waals surface area contributed by atoms with Crippen LogP contribution in [0.5, 0.6) is 5.88 Å². The number of H-pyrrole nitrogens is 1. The predicted molar refractivity (Wildman–Crippen MR) is 126 cm³/mol. The standard InChI is InChI=1S/C23H26F2N6O2.3H2/c24-20(25)13-33-22-16-9-26-21(8-18(16)29-30-22)28-23(32)27-19-12-31(10-14-6-7-14)11-17(19)15-4-2-1-3-5-15;;;/h1-5,8-9,14,17,19-20H,6-7,10-13H2,(H,29,30)(H2,26,27,28,32);3*1H/t17-,19+;;;/m1.../s1. The van der Waals surface area contributed by atoms with Crippen molar-refractivity contribution in [3.8, 4) is 5.88 Å². The van der Waals surface area contributed by atoms with Crippen molar-refractivity contribution in [1.82, 2.24) is 25.4 Å². The zero-order chi connectivity index (χ0) is 22.8. The van der Waals surface area contributed by atoms with Gasteiger partial charge in [0.25, 0.3) is 6.43 Å². The number of nitrogens with one attached hydrogen (secondary N) is 3. The van der Waals surface area contributed by atoms with E-state index in [1.54, 1.807) is 6.07 Å². The van der Waals surface area contributed by atoms with E-state index in [4.69, 9.17) is 4.74 Å². The maximum Gasteiger partial charge on any atom is 0.320 e. The number of nitrogens with zero attached hydrogens (tertiary/aromatic N) is 3. The van der Waals surface area contributed by atoms with Gasteiger partial charge in [-0.25, -0.2) is 18.6 Å². The fourth-order valence-corrected chi connectivity index (χ4v) is 4.41. The molecule has 0 bridgehead atoms. The van der Waals surface area contributed by atoms with Crippen LogP contribution in [0.25, 0.3) is 10.9 Å². The number of carbonyl (C=O) groups excluding carboxylic acids is 1. The summed E-state index contributed by atoms with van der Waals surface area (Å²) in [6.45, 7) is 2.06. The van der Waals surface area contributed by atoms with E-state index in [0.29, 0.717) is 16.7 Å². The molecule has 1 aliphatic heterocycles. The Balaban J connectivity index is 0.00000152. The van der Waals surface area contributed by atoms with E-state index >= 15 is 0 Å². The largest absolute Gasteiger partial charge is 0.470 e. The molecule has 2 atom stereocenters. The number of amides is 2.